The third-order valence-electron chi connectivity index (χ3n) is 7.73. The summed E-state index contributed by atoms with van der Waals surface area (Å²) in [6.45, 7) is 7.02. The first-order valence-electron chi connectivity index (χ1n) is 11.1. The molecule has 31 heavy (non-hydrogen) atoms. The van der Waals surface area contributed by atoms with Gasteiger partial charge in [-0.1, -0.05) is 39.0 Å². The molecule has 7 heteroatoms. The van der Waals surface area contributed by atoms with E-state index < -0.39 is 0 Å². The lowest BCUT2D eigenvalue weighted by Crippen LogP contribution is -2.58. The van der Waals surface area contributed by atoms with Crippen LogP contribution in [-0.2, 0) is 17.8 Å². The van der Waals surface area contributed by atoms with Crippen LogP contribution in [0.1, 0.15) is 45.6 Å². The van der Waals surface area contributed by atoms with E-state index in [0.717, 1.165) is 17.9 Å². The van der Waals surface area contributed by atoms with Crippen molar-refractivity contribution in [1.29, 1.82) is 0 Å². The summed E-state index contributed by atoms with van der Waals surface area (Å²) in [5, 5.41) is 7.82. The molecule has 4 atom stereocenters. The van der Waals surface area contributed by atoms with Crippen molar-refractivity contribution in [1.82, 2.24) is 9.78 Å². The highest BCUT2D eigenvalue weighted by Crippen LogP contribution is 2.61. The summed E-state index contributed by atoms with van der Waals surface area (Å²) >= 11 is 3.44. The predicted molar refractivity (Wildman–Crippen MR) is 127 cm³/mol. The van der Waals surface area contributed by atoms with E-state index in [2.05, 4.69) is 47.1 Å². The number of nitrogens with two attached hydrogens (primary N) is 1. The Hall–Kier alpha value is -2.15. The average molecular weight is 487 g/mol. The van der Waals surface area contributed by atoms with Crippen LogP contribution in [0.3, 0.4) is 0 Å². The first-order valence-corrected chi connectivity index (χ1v) is 11.8. The second-order valence-corrected chi connectivity index (χ2v) is 10.6. The zero-order valence-corrected chi connectivity index (χ0v) is 20.0. The standard InChI is InChI=1S/C24H31BrN4O2/c1-14-18-10-16(24(18,2)3)11-20(14)28-21-12-27-29(23(31)22(21)25)13-17(30)9-8-15-6-4-5-7-19(15)26/h4-7,12,14,16,18,20,28H,8-11,13,26H2,1-3H3/t14-,16+,18-,20-/m1/s1. The molecule has 0 radical (unpaired) electrons. The SMILES string of the molecule is C[C@@H]1[C@H]2C[C@@H](C[C@H]1Nc1cnn(CC(=O)CCc3ccccc3N)c(=O)c1Br)C2(C)C. The zero-order chi connectivity index (χ0) is 22.3. The minimum Gasteiger partial charge on any atom is -0.399 e. The van der Waals surface area contributed by atoms with Gasteiger partial charge in [-0.15, -0.1) is 0 Å². The van der Waals surface area contributed by atoms with E-state index in [-0.39, 0.29) is 17.9 Å². The van der Waals surface area contributed by atoms with Crippen molar-refractivity contribution >= 4 is 33.1 Å². The van der Waals surface area contributed by atoms with Crippen molar-refractivity contribution in [3.63, 3.8) is 0 Å². The number of nitrogens with zero attached hydrogens (tertiary/aromatic N) is 2. The van der Waals surface area contributed by atoms with Crippen LogP contribution in [0.5, 0.6) is 0 Å². The van der Waals surface area contributed by atoms with Gasteiger partial charge >= 0.3 is 0 Å². The van der Waals surface area contributed by atoms with Crippen molar-refractivity contribution in [2.45, 2.75) is 59.0 Å². The maximum atomic E-state index is 12.8. The molecule has 5 rings (SSSR count). The summed E-state index contributed by atoms with van der Waals surface area (Å²) in [4.78, 5) is 25.2. The molecular weight excluding hydrogens is 456 g/mol. The molecule has 0 saturated heterocycles. The van der Waals surface area contributed by atoms with Crippen LogP contribution in [-0.4, -0.2) is 21.6 Å². The Morgan fingerprint density at radius 3 is 2.74 bits per heavy atom. The van der Waals surface area contributed by atoms with E-state index in [1.54, 1.807) is 6.20 Å². The lowest BCUT2D eigenvalue weighted by Gasteiger charge is -2.62. The Morgan fingerprint density at radius 1 is 1.32 bits per heavy atom. The molecule has 6 nitrogen and oxygen atoms in total. The van der Waals surface area contributed by atoms with Gasteiger partial charge in [0.1, 0.15) is 11.0 Å². The minimum atomic E-state index is -0.286. The van der Waals surface area contributed by atoms with Crippen LogP contribution < -0.4 is 16.6 Å². The summed E-state index contributed by atoms with van der Waals surface area (Å²) in [7, 11) is 0. The third kappa shape index (κ3) is 4.16. The number of carbonyl (C=O) groups excluding carboxylic acids is 1. The predicted octanol–water partition coefficient (Wildman–Crippen LogP) is 4.27. The van der Waals surface area contributed by atoms with Crippen LogP contribution in [0.2, 0.25) is 0 Å². The Balaban J connectivity index is 1.39. The third-order valence-corrected chi connectivity index (χ3v) is 8.50. The largest absolute Gasteiger partial charge is 0.399 e. The van der Waals surface area contributed by atoms with Gasteiger partial charge in [0.15, 0.2) is 5.78 Å². The van der Waals surface area contributed by atoms with Gasteiger partial charge in [-0.3, -0.25) is 9.59 Å². The number of hydrogen-bond donors (Lipinski definition) is 2. The van der Waals surface area contributed by atoms with Gasteiger partial charge in [0.25, 0.3) is 5.56 Å². The zero-order valence-electron chi connectivity index (χ0n) is 18.4. The number of nitrogens with one attached hydrogen (secondary N) is 1. The molecule has 2 bridgehead atoms. The van der Waals surface area contributed by atoms with Crippen molar-refractivity contribution in [2.75, 3.05) is 11.1 Å². The fourth-order valence-electron chi connectivity index (χ4n) is 5.50. The molecule has 3 N–H and O–H groups in total. The molecule has 1 aromatic heterocycles. The average Bonchev–Trinajstić information content (AvgIpc) is 2.73. The Labute approximate surface area is 191 Å². The molecule has 3 aliphatic rings. The quantitative estimate of drug-likeness (QED) is 0.570. The highest BCUT2D eigenvalue weighted by Gasteiger charge is 2.56. The van der Waals surface area contributed by atoms with Gasteiger partial charge in [-0.2, -0.15) is 5.10 Å². The first kappa shape index (κ1) is 22.1. The van der Waals surface area contributed by atoms with Crippen molar-refractivity contribution < 1.29 is 4.79 Å². The molecule has 3 aliphatic carbocycles. The molecule has 1 heterocycles. The van der Waals surface area contributed by atoms with Crippen molar-refractivity contribution in [3.05, 3.63) is 50.9 Å². The highest BCUT2D eigenvalue weighted by atomic mass is 79.9. The lowest BCUT2D eigenvalue weighted by atomic mass is 9.45. The van der Waals surface area contributed by atoms with Gasteiger partial charge in [-0.05, 0) is 70.0 Å². The summed E-state index contributed by atoms with van der Waals surface area (Å²) in [5.74, 6) is 1.94. The monoisotopic (exact) mass is 486 g/mol. The second kappa shape index (κ2) is 8.41. The van der Waals surface area contributed by atoms with E-state index in [0.29, 0.717) is 52.0 Å². The maximum Gasteiger partial charge on any atom is 0.283 e. The number of aromatic nitrogens is 2. The number of Topliss-reactive ketones (excluding diaryl/α,β-unsaturated/α-hetero) is 1. The van der Waals surface area contributed by atoms with Crippen LogP contribution >= 0.6 is 15.9 Å². The van der Waals surface area contributed by atoms with E-state index >= 15 is 0 Å². The number of fused-ring (bicyclic) bond motifs is 2. The van der Waals surface area contributed by atoms with Crippen molar-refractivity contribution in [2.24, 2.45) is 23.2 Å². The second-order valence-electron chi connectivity index (χ2n) is 9.78. The van der Waals surface area contributed by atoms with E-state index in [4.69, 9.17) is 5.73 Å². The first-order chi connectivity index (χ1) is 14.7. The summed E-state index contributed by atoms with van der Waals surface area (Å²) in [6, 6.07) is 7.86. The summed E-state index contributed by atoms with van der Waals surface area (Å²) < 4.78 is 1.67. The molecule has 3 fully saturated rings. The van der Waals surface area contributed by atoms with E-state index in [9.17, 15) is 9.59 Å². The molecule has 0 unspecified atom stereocenters. The normalized spacial score (nSPS) is 26.2. The van der Waals surface area contributed by atoms with Crippen LogP contribution in [0.25, 0.3) is 0 Å². The number of halogens is 1. The number of benzene rings is 1. The van der Waals surface area contributed by atoms with Crippen molar-refractivity contribution in [3.8, 4) is 0 Å². The molecular formula is C24H31BrN4O2. The summed E-state index contributed by atoms with van der Waals surface area (Å²) in [6.07, 6.45) is 4.95. The lowest BCUT2D eigenvalue weighted by molar-refractivity contribution is -0.119. The van der Waals surface area contributed by atoms with E-state index in [1.807, 2.05) is 24.3 Å². The number of anilines is 2. The smallest absolute Gasteiger partial charge is 0.283 e. The topological polar surface area (TPSA) is 90.0 Å². The molecule has 0 amide bonds. The van der Waals surface area contributed by atoms with Gasteiger partial charge in [0, 0.05) is 18.2 Å². The van der Waals surface area contributed by atoms with Gasteiger partial charge < -0.3 is 11.1 Å². The molecule has 3 saturated carbocycles. The van der Waals surface area contributed by atoms with Gasteiger partial charge in [0.05, 0.1) is 11.9 Å². The maximum absolute atomic E-state index is 12.8. The van der Waals surface area contributed by atoms with E-state index in [1.165, 1.54) is 11.1 Å². The number of para-hydroxylation sites is 1. The highest BCUT2D eigenvalue weighted by molar-refractivity contribution is 9.10. The Morgan fingerprint density at radius 2 is 2.06 bits per heavy atom. The molecule has 0 spiro atoms. The number of aryl methyl sites for hydroxylation is 1. The number of rotatable bonds is 7. The molecule has 1 aromatic carbocycles. The van der Waals surface area contributed by atoms with Gasteiger partial charge in [-0.25, -0.2) is 4.68 Å². The summed E-state index contributed by atoms with van der Waals surface area (Å²) in [5.41, 5.74) is 8.41. The fraction of sp³-hybridized carbons (Fsp3) is 0.542. The Kier molecular flexibility index (Phi) is 5.99. The number of carbonyl (C=O) groups is 1. The Bertz CT molecular complexity index is 1050. The fourth-order valence-corrected chi connectivity index (χ4v) is 5.92. The molecule has 166 valence electrons. The van der Waals surface area contributed by atoms with Crippen LogP contribution in [0.4, 0.5) is 11.4 Å². The molecule has 2 aromatic rings. The van der Waals surface area contributed by atoms with Crippen LogP contribution in [0, 0.1) is 23.2 Å². The van der Waals surface area contributed by atoms with Crippen LogP contribution in [0.15, 0.2) is 39.7 Å². The minimum absolute atomic E-state index is 0.0391. The number of nitrogen functional groups attached to an aromatic ring is 1. The number of ketones is 1. The number of hydrogen-bond acceptors (Lipinski definition) is 5. The van der Waals surface area contributed by atoms with Gasteiger partial charge in [0.2, 0.25) is 0 Å². The molecule has 0 aliphatic heterocycles.